The van der Waals surface area contributed by atoms with Crippen molar-refractivity contribution >= 4 is 34.3 Å². The van der Waals surface area contributed by atoms with E-state index in [9.17, 15) is 9.59 Å². The molecule has 0 saturated carbocycles. The van der Waals surface area contributed by atoms with Crippen LogP contribution < -0.4 is 5.32 Å². The first-order chi connectivity index (χ1) is 10.4. The minimum absolute atomic E-state index is 0.333. The highest BCUT2D eigenvalue weighted by Crippen LogP contribution is 2.32. The summed E-state index contributed by atoms with van der Waals surface area (Å²) < 4.78 is 10.1. The number of furan rings is 1. The molecule has 1 amide bonds. The van der Waals surface area contributed by atoms with Crippen LogP contribution in [0, 0.1) is 20.8 Å². The number of aryl methyl sites for hydroxylation is 2. The lowest BCUT2D eigenvalue weighted by Crippen LogP contribution is -2.11. The molecule has 116 valence electrons. The zero-order valence-electron chi connectivity index (χ0n) is 12.9. The lowest BCUT2D eigenvalue weighted by molar-refractivity contribution is -0.111. The summed E-state index contributed by atoms with van der Waals surface area (Å²) >= 11 is 1.35. The van der Waals surface area contributed by atoms with Crippen molar-refractivity contribution in [2.75, 3.05) is 12.4 Å². The highest BCUT2D eigenvalue weighted by atomic mass is 32.1. The number of ether oxygens (including phenoxy) is 1. The molecular weight excluding hydrogens is 302 g/mol. The Labute approximate surface area is 132 Å². The summed E-state index contributed by atoms with van der Waals surface area (Å²) in [5.74, 6) is 0.583. The third-order valence-electron chi connectivity index (χ3n) is 3.17. The van der Waals surface area contributed by atoms with Gasteiger partial charge in [0.15, 0.2) is 0 Å². The number of amides is 1. The number of nitrogens with one attached hydrogen (secondary N) is 1. The van der Waals surface area contributed by atoms with E-state index in [0.29, 0.717) is 16.3 Å². The molecule has 0 spiro atoms. The highest BCUT2D eigenvalue weighted by Gasteiger charge is 2.20. The molecule has 0 fully saturated rings. The van der Waals surface area contributed by atoms with Gasteiger partial charge in [-0.3, -0.25) is 4.79 Å². The number of anilines is 1. The molecule has 6 heteroatoms. The third kappa shape index (κ3) is 3.46. The molecule has 0 aliphatic carbocycles. The summed E-state index contributed by atoms with van der Waals surface area (Å²) in [4.78, 5) is 24.8. The molecule has 2 aromatic heterocycles. The summed E-state index contributed by atoms with van der Waals surface area (Å²) in [5.41, 5.74) is 1.22. The van der Waals surface area contributed by atoms with Crippen LogP contribution in [0.5, 0.6) is 0 Å². The van der Waals surface area contributed by atoms with E-state index in [1.807, 2.05) is 26.8 Å². The summed E-state index contributed by atoms with van der Waals surface area (Å²) in [7, 11) is 1.32. The van der Waals surface area contributed by atoms with Crippen LogP contribution in [0.4, 0.5) is 5.00 Å². The van der Waals surface area contributed by atoms with Gasteiger partial charge in [0, 0.05) is 11.0 Å². The lowest BCUT2D eigenvalue weighted by atomic mass is 10.1. The van der Waals surface area contributed by atoms with Crippen LogP contribution in [0.25, 0.3) is 6.08 Å². The molecule has 2 heterocycles. The molecule has 0 aliphatic heterocycles. The standard InChI is InChI=1S/C16H17NO4S/c1-9-5-6-12(21-9)7-8-13(18)17-15-14(16(19)20-4)10(2)11(3)22-15/h5-8H,1-4H3,(H,17,18)/b8-7-. The van der Waals surface area contributed by atoms with E-state index in [1.165, 1.54) is 24.5 Å². The van der Waals surface area contributed by atoms with Crippen molar-refractivity contribution in [2.45, 2.75) is 20.8 Å². The van der Waals surface area contributed by atoms with Gasteiger partial charge in [0.1, 0.15) is 16.5 Å². The largest absolute Gasteiger partial charge is 0.465 e. The van der Waals surface area contributed by atoms with Crippen LogP contribution in [0.3, 0.4) is 0 Å². The van der Waals surface area contributed by atoms with Crippen LogP contribution in [-0.4, -0.2) is 19.0 Å². The average molecular weight is 319 g/mol. The molecule has 0 atom stereocenters. The van der Waals surface area contributed by atoms with Gasteiger partial charge in [-0.25, -0.2) is 4.79 Å². The zero-order valence-corrected chi connectivity index (χ0v) is 13.7. The zero-order chi connectivity index (χ0) is 16.3. The third-order valence-corrected chi connectivity index (χ3v) is 4.29. The Morgan fingerprint density at radius 2 is 2.00 bits per heavy atom. The fourth-order valence-electron chi connectivity index (χ4n) is 1.92. The SMILES string of the molecule is COC(=O)c1c(NC(=O)/C=C\c2ccc(C)o2)sc(C)c1C. The molecule has 0 unspecified atom stereocenters. The number of hydrogen-bond acceptors (Lipinski definition) is 5. The Kier molecular flexibility index (Phi) is 4.82. The number of esters is 1. The Balaban J connectivity index is 2.16. The van der Waals surface area contributed by atoms with Gasteiger partial charge in [-0.1, -0.05) is 0 Å². The molecule has 0 bridgehead atoms. The van der Waals surface area contributed by atoms with E-state index in [4.69, 9.17) is 9.15 Å². The molecule has 0 aromatic carbocycles. The van der Waals surface area contributed by atoms with Crippen molar-refractivity contribution in [3.05, 3.63) is 45.7 Å². The molecule has 2 aromatic rings. The van der Waals surface area contributed by atoms with Gasteiger partial charge in [0.05, 0.1) is 12.7 Å². The second-order valence-electron chi connectivity index (χ2n) is 4.75. The predicted octanol–water partition coefficient (Wildman–Crippen LogP) is 3.70. The molecule has 2 rings (SSSR count). The van der Waals surface area contributed by atoms with Crippen molar-refractivity contribution < 1.29 is 18.7 Å². The van der Waals surface area contributed by atoms with Crippen molar-refractivity contribution in [3.8, 4) is 0 Å². The quantitative estimate of drug-likeness (QED) is 0.689. The monoisotopic (exact) mass is 319 g/mol. The van der Waals surface area contributed by atoms with E-state index in [-0.39, 0.29) is 5.91 Å². The van der Waals surface area contributed by atoms with E-state index in [1.54, 1.807) is 12.1 Å². The normalized spacial score (nSPS) is 10.9. The van der Waals surface area contributed by atoms with Crippen molar-refractivity contribution in [1.29, 1.82) is 0 Å². The topological polar surface area (TPSA) is 68.5 Å². The second-order valence-corrected chi connectivity index (χ2v) is 5.97. The maximum Gasteiger partial charge on any atom is 0.341 e. The first kappa shape index (κ1) is 16.0. The summed E-state index contributed by atoms with van der Waals surface area (Å²) in [6.07, 6.45) is 2.94. The van der Waals surface area contributed by atoms with Gasteiger partial charge < -0.3 is 14.5 Å². The molecule has 1 N–H and O–H groups in total. The number of hydrogen-bond donors (Lipinski definition) is 1. The van der Waals surface area contributed by atoms with Crippen molar-refractivity contribution in [3.63, 3.8) is 0 Å². The molecular formula is C16H17NO4S. The maximum absolute atomic E-state index is 12.0. The van der Waals surface area contributed by atoms with E-state index < -0.39 is 5.97 Å². The number of thiophene rings is 1. The van der Waals surface area contributed by atoms with E-state index in [0.717, 1.165) is 16.2 Å². The van der Waals surface area contributed by atoms with Gasteiger partial charge in [0.2, 0.25) is 5.91 Å². The van der Waals surface area contributed by atoms with E-state index in [2.05, 4.69) is 5.32 Å². The molecule has 22 heavy (non-hydrogen) atoms. The lowest BCUT2D eigenvalue weighted by Gasteiger charge is -2.03. The maximum atomic E-state index is 12.0. The molecule has 0 radical (unpaired) electrons. The van der Waals surface area contributed by atoms with Gasteiger partial charge in [-0.2, -0.15) is 0 Å². The van der Waals surface area contributed by atoms with Crippen LogP contribution in [-0.2, 0) is 9.53 Å². The first-order valence-electron chi connectivity index (χ1n) is 6.66. The Morgan fingerprint density at radius 3 is 2.59 bits per heavy atom. The van der Waals surface area contributed by atoms with Crippen LogP contribution in [0.2, 0.25) is 0 Å². The van der Waals surface area contributed by atoms with Crippen molar-refractivity contribution in [2.24, 2.45) is 0 Å². The first-order valence-corrected chi connectivity index (χ1v) is 7.47. The Hall–Kier alpha value is -2.34. The number of carbonyl (C=O) groups is 2. The van der Waals surface area contributed by atoms with Crippen molar-refractivity contribution in [1.82, 2.24) is 0 Å². The smallest absolute Gasteiger partial charge is 0.341 e. The Bertz CT molecular complexity index is 739. The van der Waals surface area contributed by atoms with E-state index >= 15 is 0 Å². The minimum Gasteiger partial charge on any atom is -0.465 e. The van der Waals surface area contributed by atoms with Crippen LogP contribution in [0.1, 0.15) is 32.3 Å². The fourth-order valence-corrected chi connectivity index (χ4v) is 2.97. The fraction of sp³-hybridized carbons (Fsp3) is 0.250. The van der Waals surface area contributed by atoms with Gasteiger partial charge in [-0.15, -0.1) is 11.3 Å². The summed E-state index contributed by atoms with van der Waals surface area (Å²) in [6.45, 7) is 5.55. The van der Waals surface area contributed by atoms with Gasteiger partial charge in [-0.05, 0) is 44.5 Å². The Morgan fingerprint density at radius 1 is 1.27 bits per heavy atom. The minimum atomic E-state index is -0.456. The number of carbonyl (C=O) groups excluding carboxylic acids is 2. The van der Waals surface area contributed by atoms with Gasteiger partial charge >= 0.3 is 5.97 Å². The van der Waals surface area contributed by atoms with Crippen LogP contribution in [0.15, 0.2) is 22.6 Å². The molecule has 5 nitrogen and oxygen atoms in total. The molecule has 0 aliphatic rings. The average Bonchev–Trinajstić information content (AvgIpc) is 3.01. The predicted molar refractivity (Wildman–Crippen MR) is 86.2 cm³/mol. The summed E-state index contributed by atoms with van der Waals surface area (Å²) in [6, 6.07) is 3.59. The molecule has 0 saturated heterocycles. The van der Waals surface area contributed by atoms with Gasteiger partial charge in [0.25, 0.3) is 0 Å². The van der Waals surface area contributed by atoms with Crippen LogP contribution >= 0.6 is 11.3 Å². The number of methoxy groups -OCH3 is 1. The summed E-state index contributed by atoms with van der Waals surface area (Å²) in [5, 5.41) is 3.21. The second kappa shape index (κ2) is 6.62. The number of rotatable bonds is 4. The highest BCUT2D eigenvalue weighted by molar-refractivity contribution is 7.16.